The van der Waals surface area contributed by atoms with Crippen molar-refractivity contribution >= 4 is 27.6 Å². The quantitative estimate of drug-likeness (QED) is 0.545. The Kier molecular flexibility index (Phi) is 6.45. The topological polar surface area (TPSA) is 120 Å². The van der Waals surface area contributed by atoms with Crippen LogP contribution in [0.5, 0.6) is 11.5 Å². The molecule has 0 saturated heterocycles. The van der Waals surface area contributed by atoms with E-state index in [1.54, 1.807) is 19.9 Å². The Bertz CT molecular complexity index is 1240. The normalized spacial score (nSPS) is 15.0. The van der Waals surface area contributed by atoms with Crippen molar-refractivity contribution in [2.45, 2.75) is 37.7 Å². The van der Waals surface area contributed by atoms with Crippen molar-refractivity contribution in [1.29, 1.82) is 0 Å². The molecule has 0 bridgehead atoms. The summed E-state index contributed by atoms with van der Waals surface area (Å²) in [5.41, 5.74) is 1.81. The zero-order valence-electron chi connectivity index (χ0n) is 18.2. The van der Waals surface area contributed by atoms with Crippen LogP contribution in [0.1, 0.15) is 24.2 Å². The lowest BCUT2D eigenvalue weighted by Crippen LogP contribution is -2.30. The number of anilines is 2. The number of hydrogen-bond donors (Lipinski definition) is 2. The number of aromatic nitrogens is 2. The summed E-state index contributed by atoms with van der Waals surface area (Å²) >= 11 is 0. The summed E-state index contributed by atoms with van der Waals surface area (Å²) in [5.74, 6) is 1.19. The minimum atomic E-state index is -3.86. The van der Waals surface area contributed by atoms with Crippen LogP contribution in [-0.2, 0) is 14.8 Å². The fourth-order valence-electron chi connectivity index (χ4n) is 3.39. The number of aryl methyl sites for hydroxylation is 2. The number of nitrogens with zero attached hydrogens (tertiary/aromatic N) is 2. The van der Waals surface area contributed by atoms with Gasteiger partial charge in [-0.1, -0.05) is 12.1 Å². The Labute approximate surface area is 192 Å². The molecule has 1 aromatic heterocycles. The standard InChI is InChI=1S/C23H24N4O5S/c1-15-13-16(2)25-23(24-15)27-33(29,30)19-10-7-17(8-11-19)26-22(28)12-9-18-14-31-20-5-3-4-6-21(20)32-18/h3-8,10-11,13,18H,9,12,14H2,1-2H3,(H,26,28)(H,24,25,27)/t18-/m1/s1. The molecule has 1 aliphatic heterocycles. The number of sulfonamides is 1. The minimum absolute atomic E-state index is 0.0152. The van der Waals surface area contributed by atoms with Crippen LogP contribution in [0, 0.1) is 13.8 Å². The molecule has 0 saturated carbocycles. The van der Waals surface area contributed by atoms with Crippen LogP contribution in [0.3, 0.4) is 0 Å². The van der Waals surface area contributed by atoms with Gasteiger partial charge in [0.15, 0.2) is 11.5 Å². The van der Waals surface area contributed by atoms with E-state index in [1.165, 1.54) is 24.3 Å². The average molecular weight is 469 g/mol. The zero-order chi connectivity index (χ0) is 23.4. The molecule has 10 heteroatoms. The maximum absolute atomic E-state index is 12.6. The fourth-order valence-corrected chi connectivity index (χ4v) is 4.33. The number of rotatable bonds is 7. The summed E-state index contributed by atoms with van der Waals surface area (Å²) in [5, 5.41) is 2.77. The highest BCUT2D eigenvalue weighted by atomic mass is 32.2. The second kappa shape index (κ2) is 9.45. The molecule has 9 nitrogen and oxygen atoms in total. The lowest BCUT2D eigenvalue weighted by Gasteiger charge is -2.26. The lowest BCUT2D eigenvalue weighted by molar-refractivity contribution is -0.116. The van der Waals surface area contributed by atoms with Crippen molar-refractivity contribution in [3.05, 3.63) is 66.0 Å². The molecule has 2 N–H and O–H groups in total. The van der Waals surface area contributed by atoms with E-state index in [-0.39, 0.29) is 29.3 Å². The Hall–Kier alpha value is -3.66. The first-order chi connectivity index (χ1) is 15.8. The predicted octanol–water partition coefficient (Wildman–Crippen LogP) is 3.45. The van der Waals surface area contributed by atoms with E-state index in [4.69, 9.17) is 9.47 Å². The van der Waals surface area contributed by atoms with E-state index in [0.29, 0.717) is 41.6 Å². The highest BCUT2D eigenvalue weighted by molar-refractivity contribution is 7.92. The SMILES string of the molecule is Cc1cc(C)nc(NS(=O)(=O)c2ccc(NC(=O)CC[C@@H]3COc4ccccc4O3)cc2)n1. The Morgan fingerprint density at radius 2 is 1.70 bits per heavy atom. The first-order valence-corrected chi connectivity index (χ1v) is 11.9. The number of carbonyl (C=O) groups excluding carboxylic acids is 1. The Morgan fingerprint density at radius 3 is 2.39 bits per heavy atom. The van der Waals surface area contributed by atoms with Gasteiger partial charge in [-0.15, -0.1) is 0 Å². The second-order valence-corrected chi connectivity index (χ2v) is 9.37. The first kappa shape index (κ1) is 22.5. The molecule has 33 heavy (non-hydrogen) atoms. The molecule has 0 unspecified atom stereocenters. The molecule has 3 aromatic rings. The fraction of sp³-hybridized carbons (Fsp3) is 0.261. The van der Waals surface area contributed by atoms with Gasteiger partial charge >= 0.3 is 0 Å². The minimum Gasteiger partial charge on any atom is -0.486 e. The largest absolute Gasteiger partial charge is 0.486 e. The summed E-state index contributed by atoms with van der Waals surface area (Å²) in [6, 6.07) is 15.1. The number of carbonyl (C=O) groups is 1. The number of amides is 1. The molecule has 2 heterocycles. The first-order valence-electron chi connectivity index (χ1n) is 10.4. The third-order valence-electron chi connectivity index (χ3n) is 4.92. The number of hydrogen-bond acceptors (Lipinski definition) is 7. The lowest BCUT2D eigenvalue weighted by atomic mass is 10.1. The average Bonchev–Trinajstić information content (AvgIpc) is 2.77. The van der Waals surface area contributed by atoms with E-state index in [9.17, 15) is 13.2 Å². The molecular formula is C23H24N4O5S. The van der Waals surface area contributed by atoms with Gasteiger partial charge in [-0.2, -0.15) is 0 Å². The Balaban J connectivity index is 1.31. The van der Waals surface area contributed by atoms with E-state index in [0.717, 1.165) is 0 Å². The number of fused-ring (bicyclic) bond motifs is 1. The molecule has 0 spiro atoms. The highest BCUT2D eigenvalue weighted by Gasteiger charge is 2.21. The molecule has 0 fully saturated rings. The van der Waals surface area contributed by atoms with Gasteiger partial charge in [0.05, 0.1) is 4.90 Å². The summed E-state index contributed by atoms with van der Waals surface area (Å²) in [6.45, 7) is 3.90. The molecular weight excluding hydrogens is 444 g/mol. The van der Waals surface area contributed by atoms with E-state index >= 15 is 0 Å². The number of ether oxygens (including phenoxy) is 2. The summed E-state index contributed by atoms with van der Waals surface area (Å²) in [4.78, 5) is 20.6. The maximum Gasteiger partial charge on any atom is 0.264 e. The van der Waals surface area contributed by atoms with E-state index in [2.05, 4.69) is 20.0 Å². The van der Waals surface area contributed by atoms with Gasteiger partial charge in [0.1, 0.15) is 12.7 Å². The molecule has 4 rings (SSSR count). The second-order valence-electron chi connectivity index (χ2n) is 7.69. The van der Waals surface area contributed by atoms with Crippen molar-refractivity contribution in [2.24, 2.45) is 0 Å². The van der Waals surface area contributed by atoms with Crippen LogP contribution < -0.4 is 19.5 Å². The van der Waals surface area contributed by atoms with Gasteiger partial charge in [-0.3, -0.25) is 4.79 Å². The van der Waals surface area contributed by atoms with Gasteiger partial charge in [0.25, 0.3) is 10.0 Å². The Morgan fingerprint density at radius 1 is 1.03 bits per heavy atom. The molecule has 0 aliphatic carbocycles. The maximum atomic E-state index is 12.6. The summed E-state index contributed by atoms with van der Waals surface area (Å²) in [7, 11) is -3.86. The third kappa shape index (κ3) is 5.78. The van der Waals surface area contributed by atoms with Gasteiger partial charge in [0, 0.05) is 23.5 Å². The van der Waals surface area contributed by atoms with Crippen molar-refractivity contribution in [3.8, 4) is 11.5 Å². The zero-order valence-corrected chi connectivity index (χ0v) is 19.1. The van der Waals surface area contributed by atoms with E-state index in [1.807, 2.05) is 24.3 Å². The molecule has 1 amide bonds. The highest BCUT2D eigenvalue weighted by Crippen LogP contribution is 2.31. The number of benzene rings is 2. The van der Waals surface area contributed by atoms with Crippen LogP contribution in [0.25, 0.3) is 0 Å². The van der Waals surface area contributed by atoms with Crippen molar-refractivity contribution < 1.29 is 22.7 Å². The van der Waals surface area contributed by atoms with Gasteiger partial charge in [0.2, 0.25) is 11.9 Å². The molecule has 1 atom stereocenters. The predicted molar refractivity (Wildman–Crippen MR) is 123 cm³/mol. The van der Waals surface area contributed by atoms with Crippen LogP contribution in [-0.4, -0.2) is 37.0 Å². The third-order valence-corrected chi connectivity index (χ3v) is 6.26. The summed E-state index contributed by atoms with van der Waals surface area (Å²) < 4.78 is 39.1. The number of nitrogens with one attached hydrogen (secondary N) is 2. The summed E-state index contributed by atoms with van der Waals surface area (Å²) in [6.07, 6.45) is 0.519. The van der Waals surface area contributed by atoms with Gasteiger partial charge in [-0.05, 0) is 62.7 Å². The number of para-hydroxylation sites is 2. The van der Waals surface area contributed by atoms with Gasteiger partial charge in [-0.25, -0.2) is 23.1 Å². The van der Waals surface area contributed by atoms with Crippen molar-refractivity contribution in [2.75, 3.05) is 16.6 Å². The molecule has 0 radical (unpaired) electrons. The van der Waals surface area contributed by atoms with Crippen LogP contribution in [0.2, 0.25) is 0 Å². The monoisotopic (exact) mass is 468 g/mol. The van der Waals surface area contributed by atoms with E-state index < -0.39 is 10.0 Å². The van der Waals surface area contributed by atoms with Gasteiger partial charge < -0.3 is 14.8 Å². The van der Waals surface area contributed by atoms with Crippen molar-refractivity contribution in [1.82, 2.24) is 9.97 Å². The smallest absolute Gasteiger partial charge is 0.264 e. The van der Waals surface area contributed by atoms with Crippen LogP contribution in [0.15, 0.2) is 59.5 Å². The molecule has 172 valence electrons. The molecule has 1 aliphatic rings. The van der Waals surface area contributed by atoms with Crippen LogP contribution in [0.4, 0.5) is 11.6 Å². The molecule has 2 aromatic carbocycles. The van der Waals surface area contributed by atoms with Crippen LogP contribution >= 0.6 is 0 Å². The van der Waals surface area contributed by atoms with Crippen molar-refractivity contribution in [3.63, 3.8) is 0 Å².